The first-order valence-corrected chi connectivity index (χ1v) is 4.38. The molecule has 3 heteroatoms. The van der Waals surface area contributed by atoms with Gasteiger partial charge in [0.25, 0.3) is 0 Å². The van der Waals surface area contributed by atoms with Gasteiger partial charge in [0.15, 0.2) is 0 Å². The molecule has 1 heterocycles. The van der Waals surface area contributed by atoms with E-state index in [0.717, 1.165) is 17.9 Å². The fourth-order valence-corrected chi connectivity index (χ4v) is 1.28. The van der Waals surface area contributed by atoms with Crippen LogP contribution in [-0.2, 0) is 0 Å². The maximum atomic E-state index is 8.45. The summed E-state index contributed by atoms with van der Waals surface area (Å²) in [5.41, 5.74) is 0. The van der Waals surface area contributed by atoms with Gasteiger partial charge in [-0.15, -0.1) is 0 Å². The summed E-state index contributed by atoms with van der Waals surface area (Å²) in [4.78, 5) is 0. The Morgan fingerprint density at radius 2 is 2.38 bits per heavy atom. The first-order valence-electron chi connectivity index (χ1n) is 4.38. The zero-order valence-corrected chi connectivity index (χ0v) is 8.00. The average molecular weight is 178 g/mol. The van der Waals surface area contributed by atoms with Crippen LogP contribution in [0.4, 0.5) is 0 Å². The van der Waals surface area contributed by atoms with Crippen molar-refractivity contribution >= 4 is 0 Å². The first kappa shape index (κ1) is 9.82. The molecule has 1 aromatic rings. The van der Waals surface area contributed by atoms with E-state index in [2.05, 4.69) is 11.4 Å². The van der Waals surface area contributed by atoms with Crippen LogP contribution in [0.3, 0.4) is 0 Å². The summed E-state index contributed by atoms with van der Waals surface area (Å²) >= 11 is 0. The molecule has 13 heavy (non-hydrogen) atoms. The monoisotopic (exact) mass is 178 g/mol. The maximum absolute atomic E-state index is 8.45. The van der Waals surface area contributed by atoms with Crippen molar-refractivity contribution in [3.8, 4) is 6.07 Å². The summed E-state index contributed by atoms with van der Waals surface area (Å²) in [6.07, 6.45) is 1.34. The van der Waals surface area contributed by atoms with Crippen LogP contribution >= 0.6 is 0 Å². The standard InChI is InChI=1S/C10H14N2O/c1-8-5-6-10(13-8)9(12-2)4-3-7-11/h5-6,9,12H,3-4H2,1-2H3. The Bertz CT molecular complexity index is 298. The highest BCUT2D eigenvalue weighted by atomic mass is 16.3. The smallest absolute Gasteiger partial charge is 0.121 e. The molecule has 0 aliphatic heterocycles. The van der Waals surface area contributed by atoms with E-state index < -0.39 is 0 Å². The number of furan rings is 1. The highest BCUT2D eigenvalue weighted by Gasteiger charge is 2.11. The van der Waals surface area contributed by atoms with Crippen LogP contribution in [0.1, 0.15) is 30.4 Å². The minimum Gasteiger partial charge on any atom is -0.465 e. The Labute approximate surface area is 78.4 Å². The number of hydrogen-bond acceptors (Lipinski definition) is 3. The Balaban J connectivity index is 2.62. The summed E-state index contributed by atoms with van der Waals surface area (Å²) in [5, 5.41) is 11.6. The van der Waals surface area contributed by atoms with Crippen molar-refractivity contribution in [2.45, 2.75) is 25.8 Å². The second kappa shape index (κ2) is 4.68. The molecule has 0 fully saturated rings. The molecular weight excluding hydrogens is 164 g/mol. The van der Waals surface area contributed by atoms with Gasteiger partial charge in [-0.1, -0.05) is 0 Å². The molecule has 0 saturated heterocycles. The normalized spacial score (nSPS) is 12.4. The minimum atomic E-state index is 0.161. The van der Waals surface area contributed by atoms with Gasteiger partial charge in [-0.05, 0) is 32.5 Å². The number of nitrogens with zero attached hydrogens (tertiary/aromatic N) is 1. The van der Waals surface area contributed by atoms with E-state index in [1.807, 2.05) is 26.1 Å². The molecule has 0 aliphatic rings. The summed E-state index contributed by atoms with van der Waals surface area (Å²) in [5.74, 6) is 1.82. The van der Waals surface area contributed by atoms with Crippen molar-refractivity contribution in [3.63, 3.8) is 0 Å². The van der Waals surface area contributed by atoms with Gasteiger partial charge in [0, 0.05) is 6.42 Å². The molecule has 0 aliphatic carbocycles. The van der Waals surface area contributed by atoms with Crippen molar-refractivity contribution in [2.75, 3.05) is 7.05 Å². The largest absolute Gasteiger partial charge is 0.465 e. The quantitative estimate of drug-likeness (QED) is 0.768. The molecule has 1 rings (SSSR count). The third-order valence-corrected chi connectivity index (χ3v) is 2.00. The van der Waals surface area contributed by atoms with Crippen molar-refractivity contribution in [3.05, 3.63) is 23.7 Å². The second-order valence-corrected chi connectivity index (χ2v) is 2.99. The molecule has 1 atom stereocenters. The molecule has 0 spiro atoms. The van der Waals surface area contributed by atoms with E-state index >= 15 is 0 Å². The lowest BCUT2D eigenvalue weighted by molar-refractivity contribution is 0.404. The number of nitriles is 1. The lowest BCUT2D eigenvalue weighted by Gasteiger charge is -2.10. The summed E-state index contributed by atoms with van der Waals surface area (Å²) in [7, 11) is 1.87. The van der Waals surface area contributed by atoms with Crippen molar-refractivity contribution in [1.29, 1.82) is 5.26 Å². The molecule has 0 amide bonds. The van der Waals surface area contributed by atoms with Gasteiger partial charge in [0.2, 0.25) is 0 Å². The number of nitrogens with one attached hydrogen (secondary N) is 1. The third-order valence-electron chi connectivity index (χ3n) is 2.00. The molecule has 3 nitrogen and oxygen atoms in total. The zero-order valence-electron chi connectivity index (χ0n) is 8.00. The fourth-order valence-electron chi connectivity index (χ4n) is 1.28. The topological polar surface area (TPSA) is 49.0 Å². The van der Waals surface area contributed by atoms with E-state index in [9.17, 15) is 0 Å². The van der Waals surface area contributed by atoms with Crippen molar-refractivity contribution in [2.24, 2.45) is 0 Å². The molecule has 70 valence electrons. The maximum Gasteiger partial charge on any atom is 0.121 e. The van der Waals surface area contributed by atoms with Gasteiger partial charge in [-0.2, -0.15) is 5.26 Å². The minimum absolute atomic E-state index is 0.161. The Kier molecular flexibility index (Phi) is 3.53. The molecule has 0 aromatic carbocycles. The van der Waals surface area contributed by atoms with Gasteiger partial charge in [0.05, 0.1) is 12.1 Å². The zero-order chi connectivity index (χ0) is 9.68. The fraction of sp³-hybridized carbons (Fsp3) is 0.500. The Hall–Kier alpha value is -1.27. The lowest BCUT2D eigenvalue weighted by atomic mass is 10.1. The highest BCUT2D eigenvalue weighted by molar-refractivity contribution is 5.09. The molecule has 1 unspecified atom stereocenters. The molecule has 0 bridgehead atoms. The van der Waals surface area contributed by atoms with E-state index in [4.69, 9.17) is 9.68 Å². The molecular formula is C10H14N2O. The van der Waals surface area contributed by atoms with E-state index in [-0.39, 0.29) is 6.04 Å². The number of aryl methyl sites for hydroxylation is 1. The van der Waals surface area contributed by atoms with Crippen LogP contribution in [0.15, 0.2) is 16.5 Å². The second-order valence-electron chi connectivity index (χ2n) is 2.99. The van der Waals surface area contributed by atoms with Crippen LogP contribution < -0.4 is 5.32 Å². The third kappa shape index (κ3) is 2.60. The average Bonchev–Trinajstić information content (AvgIpc) is 2.54. The molecule has 0 saturated carbocycles. The Morgan fingerprint density at radius 3 is 2.85 bits per heavy atom. The van der Waals surface area contributed by atoms with Crippen molar-refractivity contribution < 1.29 is 4.42 Å². The highest BCUT2D eigenvalue weighted by Crippen LogP contribution is 2.19. The number of rotatable bonds is 4. The number of hydrogen-bond donors (Lipinski definition) is 1. The summed E-state index contributed by atoms with van der Waals surface area (Å²) in [6.45, 7) is 1.92. The van der Waals surface area contributed by atoms with Crippen LogP contribution in [0.25, 0.3) is 0 Å². The van der Waals surface area contributed by atoms with Gasteiger partial charge in [-0.25, -0.2) is 0 Å². The van der Waals surface area contributed by atoms with Crippen LogP contribution in [0.2, 0.25) is 0 Å². The van der Waals surface area contributed by atoms with E-state index in [0.29, 0.717) is 6.42 Å². The molecule has 1 N–H and O–H groups in total. The lowest BCUT2D eigenvalue weighted by Crippen LogP contribution is -2.15. The van der Waals surface area contributed by atoms with Gasteiger partial charge in [0.1, 0.15) is 11.5 Å². The van der Waals surface area contributed by atoms with Gasteiger partial charge in [-0.3, -0.25) is 0 Å². The van der Waals surface area contributed by atoms with E-state index in [1.54, 1.807) is 0 Å². The van der Waals surface area contributed by atoms with Gasteiger partial charge < -0.3 is 9.73 Å². The Morgan fingerprint density at radius 1 is 1.62 bits per heavy atom. The van der Waals surface area contributed by atoms with Crippen LogP contribution in [-0.4, -0.2) is 7.05 Å². The van der Waals surface area contributed by atoms with Crippen LogP contribution in [0, 0.1) is 18.3 Å². The van der Waals surface area contributed by atoms with E-state index in [1.165, 1.54) is 0 Å². The van der Waals surface area contributed by atoms with Gasteiger partial charge >= 0.3 is 0 Å². The molecule has 0 radical (unpaired) electrons. The predicted octanol–water partition coefficient (Wildman–Crippen LogP) is 2.15. The van der Waals surface area contributed by atoms with Crippen molar-refractivity contribution in [1.82, 2.24) is 5.32 Å². The summed E-state index contributed by atoms with van der Waals surface area (Å²) < 4.78 is 5.46. The SMILES string of the molecule is CNC(CCC#N)c1ccc(C)o1. The first-order chi connectivity index (χ1) is 6.27. The summed E-state index contributed by atoms with van der Waals surface area (Å²) in [6, 6.07) is 6.18. The van der Waals surface area contributed by atoms with Crippen LogP contribution in [0.5, 0.6) is 0 Å². The predicted molar refractivity (Wildman–Crippen MR) is 50.1 cm³/mol. The molecule has 1 aromatic heterocycles.